The molecule has 4 heteroatoms. The third-order valence-electron chi connectivity index (χ3n) is 2.79. The van der Waals surface area contributed by atoms with Gasteiger partial charge in [0.2, 0.25) is 0 Å². The Hall–Kier alpha value is -0.550. The maximum atomic E-state index is 5.55. The van der Waals surface area contributed by atoms with Gasteiger partial charge in [0, 0.05) is 37.5 Å². The zero-order valence-electron chi connectivity index (χ0n) is 12.7. The molecule has 0 radical (unpaired) electrons. The van der Waals surface area contributed by atoms with Gasteiger partial charge in [-0.25, -0.2) is 0 Å². The minimum Gasteiger partial charge on any atom is -0.385 e. The van der Waals surface area contributed by atoms with Crippen LogP contribution in [0, 0.1) is 0 Å². The van der Waals surface area contributed by atoms with Crippen molar-refractivity contribution in [3.05, 3.63) is 29.8 Å². The predicted molar refractivity (Wildman–Crippen MR) is 86.5 cm³/mol. The summed E-state index contributed by atoms with van der Waals surface area (Å²) in [5.74, 6) is 0.999. The summed E-state index contributed by atoms with van der Waals surface area (Å²) in [4.78, 5) is 1.32. The number of ether oxygens (including phenoxy) is 2. The van der Waals surface area contributed by atoms with Crippen LogP contribution in [-0.4, -0.2) is 39.2 Å². The van der Waals surface area contributed by atoms with Crippen molar-refractivity contribution in [3.63, 3.8) is 0 Å². The third kappa shape index (κ3) is 8.59. The molecule has 0 fully saturated rings. The van der Waals surface area contributed by atoms with Crippen LogP contribution in [0.4, 0.5) is 0 Å². The first-order chi connectivity index (χ1) is 9.86. The minimum atomic E-state index is 0.778. The highest BCUT2D eigenvalue weighted by atomic mass is 32.2. The Bertz CT molecular complexity index is 347. The topological polar surface area (TPSA) is 30.5 Å². The van der Waals surface area contributed by atoms with Crippen molar-refractivity contribution in [3.8, 4) is 0 Å². The number of methoxy groups -OCH3 is 1. The highest BCUT2D eigenvalue weighted by molar-refractivity contribution is 7.99. The summed E-state index contributed by atoms with van der Waals surface area (Å²) in [6.07, 6.45) is 2.15. The van der Waals surface area contributed by atoms with Gasteiger partial charge in [-0.05, 0) is 37.1 Å². The van der Waals surface area contributed by atoms with E-state index in [0.29, 0.717) is 0 Å². The largest absolute Gasteiger partial charge is 0.385 e. The van der Waals surface area contributed by atoms with Gasteiger partial charge in [-0.15, -0.1) is 11.8 Å². The average molecular weight is 297 g/mol. The summed E-state index contributed by atoms with van der Waals surface area (Å²) in [6.45, 7) is 6.58. The fraction of sp³-hybridized carbons (Fsp3) is 0.625. The Morgan fingerprint density at radius 3 is 2.90 bits per heavy atom. The van der Waals surface area contributed by atoms with Gasteiger partial charge in [-0.1, -0.05) is 19.1 Å². The molecular weight excluding hydrogens is 270 g/mol. The first kappa shape index (κ1) is 17.5. The molecule has 0 saturated heterocycles. The second-order valence-corrected chi connectivity index (χ2v) is 5.80. The summed E-state index contributed by atoms with van der Waals surface area (Å²) in [7, 11) is 1.72. The molecule has 0 atom stereocenters. The van der Waals surface area contributed by atoms with Gasteiger partial charge in [0.05, 0.1) is 6.61 Å². The number of hydrogen-bond acceptors (Lipinski definition) is 4. The maximum absolute atomic E-state index is 5.55. The number of benzene rings is 1. The molecular formula is C16H27NO2S. The van der Waals surface area contributed by atoms with Gasteiger partial charge in [0.1, 0.15) is 0 Å². The molecule has 0 unspecified atom stereocenters. The van der Waals surface area contributed by atoms with E-state index < -0.39 is 0 Å². The Balaban J connectivity index is 2.14. The molecule has 0 heterocycles. The van der Waals surface area contributed by atoms with Gasteiger partial charge in [-0.3, -0.25) is 0 Å². The lowest BCUT2D eigenvalue weighted by molar-refractivity contribution is 0.113. The second kappa shape index (κ2) is 12.2. The van der Waals surface area contributed by atoms with E-state index in [1.807, 2.05) is 11.8 Å². The fourth-order valence-electron chi connectivity index (χ4n) is 1.78. The summed E-state index contributed by atoms with van der Waals surface area (Å²) < 4.78 is 10.5. The van der Waals surface area contributed by atoms with Gasteiger partial charge in [0.15, 0.2) is 0 Å². The molecule has 0 bridgehead atoms. The molecule has 20 heavy (non-hydrogen) atoms. The van der Waals surface area contributed by atoms with Crippen LogP contribution in [0.3, 0.4) is 0 Å². The van der Waals surface area contributed by atoms with Gasteiger partial charge in [0.25, 0.3) is 0 Å². The van der Waals surface area contributed by atoms with E-state index in [0.717, 1.165) is 45.1 Å². The van der Waals surface area contributed by atoms with E-state index in [1.54, 1.807) is 7.11 Å². The molecule has 0 saturated carbocycles. The SMILES string of the molecule is CCCNCc1cccc(SCCOCCCOC)c1. The van der Waals surface area contributed by atoms with Crippen molar-refractivity contribution < 1.29 is 9.47 Å². The molecule has 1 rings (SSSR count). The lowest BCUT2D eigenvalue weighted by atomic mass is 10.2. The third-order valence-corrected chi connectivity index (χ3v) is 3.75. The van der Waals surface area contributed by atoms with Crippen molar-refractivity contribution in [1.82, 2.24) is 5.32 Å². The molecule has 0 spiro atoms. The smallest absolute Gasteiger partial charge is 0.0560 e. The molecule has 1 aromatic carbocycles. The highest BCUT2D eigenvalue weighted by Crippen LogP contribution is 2.18. The summed E-state index contributed by atoms with van der Waals surface area (Å²) in [5, 5.41) is 3.43. The van der Waals surface area contributed by atoms with Crippen molar-refractivity contribution in [2.24, 2.45) is 0 Å². The van der Waals surface area contributed by atoms with Crippen molar-refractivity contribution >= 4 is 11.8 Å². The lowest BCUT2D eigenvalue weighted by Gasteiger charge is -2.07. The molecule has 0 aromatic heterocycles. The van der Waals surface area contributed by atoms with Gasteiger partial charge in [-0.2, -0.15) is 0 Å². The van der Waals surface area contributed by atoms with Crippen molar-refractivity contribution in [1.29, 1.82) is 0 Å². The quantitative estimate of drug-likeness (QED) is 0.473. The Morgan fingerprint density at radius 1 is 1.20 bits per heavy atom. The maximum Gasteiger partial charge on any atom is 0.0560 e. The van der Waals surface area contributed by atoms with Crippen LogP contribution in [0.5, 0.6) is 0 Å². The first-order valence-corrected chi connectivity index (χ1v) is 8.34. The monoisotopic (exact) mass is 297 g/mol. The Morgan fingerprint density at radius 2 is 2.10 bits per heavy atom. The Kier molecular flexibility index (Phi) is 10.7. The molecule has 1 aromatic rings. The van der Waals surface area contributed by atoms with Crippen molar-refractivity contribution in [2.75, 3.05) is 39.2 Å². The van der Waals surface area contributed by atoms with Crippen LogP contribution < -0.4 is 5.32 Å². The molecule has 114 valence electrons. The summed E-state index contributed by atoms with van der Waals surface area (Å²) >= 11 is 1.85. The van der Waals surface area contributed by atoms with Crippen LogP contribution in [0.25, 0.3) is 0 Å². The van der Waals surface area contributed by atoms with Crippen LogP contribution in [-0.2, 0) is 16.0 Å². The first-order valence-electron chi connectivity index (χ1n) is 7.36. The standard InChI is InChI=1S/C16H27NO2S/c1-3-8-17-14-15-6-4-7-16(13-15)20-12-11-19-10-5-9-18-2/h4,6-7,13,17H,3,5,8-12,14H2,1-2H3. The fourth-order valence-corrected chi connectivity index (χ4v) is 2.63. The predicted octanol–water partition coefficient (Wildman–Crippen LogP) is 3.33. The van der Waals surface area contributed by atoms with Gasteiger partial charge >= 0.3 is 0 Å². The zero-order chi connectivity index (χ0) is 14.5. The molecule has 3 nitrogen and oxygen atoms in total. The summed E-state index contributed by atoms with van der Waals surface area (Å²) in [5.41, 5.74) is 1.35. The van der Waals surface area contributed by atoms with E-state index in [4.69, 9.17) is 9.47 Å². The number of nitrogens with one attached hydrogen (secondary N) is 1. The summed E-state index contributed by atoms with van der Waals surface area (Å²) in [6, 6.07) is 8.73. The van der Waals surface area contributed by atoms with E-state index in [2.05, 4.69) is 36.5 Å². The molecule has 0 aliphatic carbocycles. The minimum absolute atomic E-state index is 0.778. The van der Waals surface area contributed by atoms with Crippen LogP contribution >= 0.6 is 11.8 Å². The number of hydrogen-bond donors (Lipinski definition) is 1. The Labute approximate surface area is 127 Å². The van der Waals surface area contributed by atoms with Crippen LogP contribution in [0.15, 0.2) is 29.2 Å². The van der Waals surface area contributed by atoms with Gasteiger partial charge < -0.3 is 14.8 Å². The number of rotatable bonds is 12. The van der Waals surface area contributed by atoms with E-state index >= 15 is 0 Å². The molecule has 1 N–H and O–H groups in total. The van der Waals surface area contributed by atoms with E-state index in [9.17, 15) is 0 Å². The van der Waals surface area contributed by atoms with Crippen LogP contribution in [0.2, 0.25) is 0 Å². The second-order valence-electron chi connectivity index (χ2n) is 4.63. The normalized spacial score (nSPS) is 10.9. The van der Waals surface area contributed by atoms with Crippen molar-refractivity contribution in [2.45, 2.75) is 31.2 Å². The molecule has 0 amide bonds. The average Bonchev–Trinajstić information content (AvgIpc) is 2.47. The van der Waals surface area contributed by atoms with E-state index in [-0.39, 0.29) is 0 Å². The van der Waals surface area contributed by atoms with Crippen LogP contribution in [0.1, 0.15) is 25.3 Å². The molecule has 0 aliphatic rings. The zero-order valence-corrected chi connectivity index (χ0v) is 13.5. The highest BCUT2D eigenvalue weighted by Gasteiger charge is 1.97. The van der Waals surface area contributed by atoms with E-state index in [1.165, 1.54) is 16.9 Å². The lowest BCUT2D eigenvalue weighted by Crippen LogP contribution is -2.13. The molecule has 0 aliphatic heterocycles. The number of thioether (sulfide) groups is 1.